The minimum Gasteiger partial charge on any atom is -0.493 e. The van der Waals surface area contributed by atoms with Crippen molar-refractivity contribution in [2.75, 3.05) is 27.4 Å². The summed E-state index contributed by atoms with van der Waals surface area (Å²) in [5, 5.41) is 0. The fraction of sp³-hybridized carbons (Fsp3) is 0.296. The van der Waals surface area contributed by atoms with Gasteiger partial charge in [-0.05, 0) is 60.0 Å². The minimum absolute atomic E-state index is 0.0458. The molecule has 0 aromatic heterocycles. The number of hydrogen-bond donors (Lipinski definition) is 0. The molecule has 0 fully saturated rings. The molecular formula is C27H23F6NO4. The number of halogens is 6. The number of benzene rings is 3. The van der Waals surface area contributed by atoms with Gasteiger partial charge in [0.15, 0.2) is 11.5 Å². The standard InChI is InChI=1S/C27H23F6NO4/c1-36-23-12-16-10-11-34(25(35)19-8-3-4-9-21(19)27(31,32)33)22(20(16)14-24(23)37-2)15-38-18-7-5-6-17(13-18)26(28,29)30/h3-9,12-14,22H,10-11,15H2,1-2H3. The van der Waals surface area contributed by atoms with Gasteiger partial charge in [-0.25, -0.2) is 0 Å². The van der Waals surface area contributed by atoms with E-state index in [9.17, 15) is 31.1 Å². The molecule has 0 bridgehead atoms. The first-order valence-corrected chi connectivity index (χ1v) is 11.5. The zero-order valence-corrected chi connectivity index (χ0v) is 20.3. The summed E-state index contributed by atoms with van der Waals surface area (Å²) in [7, 11) is 2.86. The summed E-state index contributed by atoms with van der Waals surface area (Å²) >= 11 is 0. The fourth-order valence-electron chi connectivity index (χ4n) is 4.46. The van der Waals surface area contributed by atoms with E-state index < -0.39 is 41.0 Å². The summed E-state index contributed by atoms with van der Waals surface area (Å²) in [5.41, 5.74) is -1.27. The monoisotopic (exact) mass is 539 g/mol. The van der Waals surface area contributed by atoms with Crippen LogP contribution in [0.5, 0.6) is 17.2 Å². The molecule has 1 atom stereocenters. The van der Waals surface area contributed by atoms with Gasteiger partial charge in [0.25, 0.3) is 5.91 Å². The van der Waals surface area contributed by atoms with Crippen LogP contribution in [-0.4, -0.2) is 38.2 Å². The lowest BCUT2D eigenvalue weighted by molar-refractivity contribution is -0.138. The Morgan fingerprint density at radius 3 is 2.24 bits per heavy atom. The number of amides is 1. The highest BCUT2D eigenvalue weighted by molar-refractivity contribution is 5.96. The van der Waals surface area contributed by atoms with E-state index in [0.717, 1.165) is 29.8 Å². The highest BCUT2D eigenvalue weighted by Crippen LogP contribution is 2.40. The van der Waals surface area contributed by atoms with Crippen LogP contribution in [0, 0.1) is 0 Å². The molecular weight excluding hydrogens is 516 g/mol. The molecule has 4 rings (SSSR count). The average Bonchev–Trinajstić information content (AvgIpc) is 2.89. The molecule has 3 aromatic carbocycles. The number of nitrogens with zero attached hydrogens (tertiary/aromatic N) is 1. The Balaban J connectivity index is 1.75. The van der Waals surface area contributed by atoms with Gasteiger partial charge < -0.3 is 19.1 Å². The van der Waals surface area contributed by atoms with Gasteiger partial charge in [0, 0.05) is 6.54 Å². The lowest BCUT2D eigenvalue weighted by Crippen LogP contribution is -2.43. The molecule has 1 heterocycles. The van der Waals surface area contributed by atoms with Gasteiger partial charge in [0.1, 0.15) is 12.4 Å². The quantitative estimate of drug-likeness (QED) is 0.333. The van der Waals surface area contributed by atoms with Crippen molar-refractivity contribution in [3.05, 3.63) is 88.5 Å². The SMILES string of the molecule is COc1cc2c(cc1OC)C(COc1cccc(C(F)(F)F)c1)N(C(=O)c1ccccc1C(F)(F)F)CC2. The molecule has 0 saturated carbocycles. The molecule has 1 aliphatic rings. The molecule has 0 N–H and O–H groups in total. The lowest BCUT2D eigenvalue weighted by atomic mass is 9.91. The largest absolute Gasteiger partial charge is 0.493 e. The molecule has 0 spiro atoms. The molecule has 0 radical (unpaired) electrons. The van der Waals surface area contributed by atoms with Crippen LogP contribution in [0.2, 0.25) is 0 Å². The van der Waals surface area contributed by atoms with Crippen molar-refractivity contribution in [3.8, 4) is 17.2 Å². The highest BCUT2D eigenvalue weighted by atomic mass is 19.4. The molecule has 202 valence electrons. The van der Waals surface area contributed by atoms with Crippen molar-refractivity contribution in [2.45, 2.75) is 24.8 Å². The van der Waals surface area contributed by atoms with Crippen LogP contribution in [0.4, 0.5) is 26.3 Å². The van der Waals surface area contributed by atoms with Crippen molar-refractivity contribution in [3.63, 3.8) is 0 Å². The minimum atomic E-state index is -4.76. The predicted octanol–water partition coefficient (Wildman–Crippen LogP) is 6.56. The van der Waals surface area contributed by atoms with E-state index in [1.165, 1.54) is 43.4 Å². The molecule has 0 aliphatic carbocycles. The van der Waals surface area contributed by atoms with Crippen molar-refractivity contribution in [2.24, 2.45) is 0 Å². The zero-order chi connectivity index (χ0) is 27.7. The van der Waals surface area contributed by atoms with Crippen molar-refractivity contribution in [1.82, 2.24) is 4.90 Å². The third-order valence-corrected chi connectivity index (χ3v) is 6.30. The van der Waals surface area contributed by atoms with E-state index >= 15 is 0 Å². The highest BCUT2D eigenvalue weighted by Gasteiger charge is 2.39. The number of carbonyl (C=O) groups excluding carboxylic acids is 1. The first-order valence-electron chi connectivity index (χ1n) is 11.5. The number of carbonyl (C=O) groups is 1. The number of rotatable bonds is 6. The van der Waals surface area contributed by atoms with E-state index in [2.05, 4.69) is 0 Å². The molecule has 5 nitrogen and oxygen atoms in total. The number of fused-ring (bicyclic) bond motifs is 1. The Morgan fingerprint density at radius 2 is 1.58 bits per heavy atom. The van der Waals surface area contributed by atoms with Crippen LogP contribution >= 0.6 is 0 Å². The van der Waals surface area contributed by atoms with Gasteiger partial charge in [-0.1, -0.05) is 18.2 Å². The normalized spacial score (nSPS) is 15.6. The Kier molecular flexibility index (Phi) is 7.48. The van der Waals surface area contributed by atoms with Crippen LogP contribution in [0.25, 0.3) is 0 Å². The van der Waals surface area contributed by atoms with Crippen LogP contribution in [-0.2, 0) is 18.8 Å². The lowest BCUT2D eigenvalue weighted by Gasteiger charge is -2.38. The Labute approximate surface area is 214 Å². The van der Waals surface area contributed by atoms with Crippen LogP contribution < -0.4 is 14.2 Å². The number of hydrogen-bond acceptors (Lipinski definition) is 4. The van der Waals surface area contributed by atoms with E-state index in [4.69, 9.17) is 14.2 Å². The van der Waals surface area contributed by atoms with Gasteiger partial charge in [0.2, 0.25) is 0 Å². The van der Waals surface area contributed by atoms with E-state index in [-0.39, 0.29) is 18.9 Å². The Hall–Kier alpha value is -3.89. The molecule has 3 aromatic rings. The summed E-state index contributed by atoms with van der Waals surface area (Å²) in [5.74, 6) is -0.238. The Bertz CT molecular complexity index is 1320. The average molecular weight is 539 g/mol. The van der Waals surface area contributed by atoms with Crippen LogP contribution in [0.15, 0.2) is 60.7 Å². The second kappa shape index (κ2) is 10.5. The zero-order valence-electron chi connectivity index (χ0n) is 20.3. The number of ether oxygens (including phenoxy) is 3. The second-order valence-corrected chi connectivity index (χ2v) is 8.55. The summed E-state index contributed by atoms with van der Waals surface area (Å²) in [4.78, 5) is 14.8. The molecule has 1 unspecified atom stereocenters. The van der Waals surface area contributed by atoms with Crippen molar-refractivity contribution < 1.29 is 45.3 Å². The third-order valence-electron chi connectivity index (χ3n) is 6.30. The van der Waals surface area contributed by atoms with Gasteiger partial charge in [-0.3, -0.25) is 4.79 Å². The van der Waals surface area contributed by atoms with Gasteiger partial charge >= 0.3 is 12.4 Å². The molecule has 11 heteroatoms. The summed E-state index contributed by atoms with van der Waals surface area (Å²) < 4.78 is 97.0. The second-order valence-electron chi connectivity index (χ2n) is 8.55. The van der Waals surface area contributed by atoms with Crippen LogP contribution in [0.1, 0.15) is 38.7 Å². The Morgan fingerprint density at radius 1 is 0.895 bits per heavy atom. The fourth-order valence-corrected chi connectivity index (χ4v) is 4.46. The first kappa shape index (κ1) is 27.2. The maximum atomic E-state index is 13.7. The number of alkyl halides is 6. The maximum Gasteiger partial charge on any atom is 0.417 e. The smallest absolute Gasteiger partial charge is 0.417 e. The molecule has 0 saturated heterocycles. The van der Waals surface area contributed by atoms with Gasteiger partial charge in [-0.15, -0.1) is 0 Å². The molecule has 1 amide bonds. The molecule has 38 heavy (non-hydrogen) atoms. The first-order chi connectivity index (χ1) is 17.9. The summed E-state index contributed by atoms with van der Waals surface area (Å²) in [6, 6.07) is 11.1. The topological polar surface area (TPSA) is 48.0 Å². The van der Waals surface area contributed by atoms with Crippen molar-refractivity contribution in [1.29, 1.82) is 0 Å². The van der Waals surface area contributed by atoms with Crippen LogP contribution in [0.3, 0.4) is 0 Å². The predicted molar refractivity (Wildman–Crippen MR) is 125 cm³/mol. The van der Waals surface area contributed by atoms with E-state index in [0.29, 0.717) is 23.5 Å². The number of methoxy groups -OCH3 is 2. The van der Waals surface area contributed by atoms with Crippen molar-refractivity contribution >= 4 is 5.91 Å². The maximum absolute atomic E-state index is 13.7. The summed E-state index contributed by atoms with van der Waals surface area (Å²) in [6.07, 6.45) is -9.06. The van der Waals surface area contributed by atoms with E-state index in [1.807, 2.05) is 0 Å². The van der Waals surface area contributed by atoms with Gasteiger partial charge in [-0.2, -0.15) is 26.3 Å². The van der Waals surface area contributed by atoms with E-state index in [1.54, 1.807) is 12.1 Å². The van der Waals surface area contributed by atoms with Gasteiger partial charge in [0.05, 0.1) is 37.0 Å². The molecule has 1 aliphatic heterocycles. The third kappa shape index (κ3) is 5.51. The summed E-state index contributed by atoms with van der Waals surface area (Å²) in [6.45, 7) is -0.270.